The normalized spacial score (nSPS) is 17.6. The number of anilines is 1. The van der Waals surface area contributed by atoms with E-state index in [1.54, 1.807) is 6.92 Å². The van der Waals surface area contributed by atoms with Crippen molar-refractivity contribution in [3.8, 4) is 0 Å². The van der Waals surface area contributed by atoms with E-state index in [4.69, 9.17) is 5.11 Å². The number of nitrogens with zero attached hydrogens (tertiary/aromatic N) is 2. The molecule has 98 valence electrons. The lowest BCUT2D eigenvalue weighted by molar-refractivity contribution is -0.140. The van der Waals surface area contributed by atoms with Gasteiger partial charge in [0.25, 0.3) is 0 Å². The Morgan fingerprint density at radius 1 is 1.44 bits per heavy atom. The number of aliphatic carboxylic acids is 1. The second kappa shape index (κ2) is 5.80. The van der Waals surface area contributed by atoms with E-state index < -0.39 is 11.9 Å². The maximum absolute atomic E-state index is 10.7. The molecule has 1 aromatic rings. The van der Waals surface area contributed by atoms with Crippen molar-refractivity contribution >= 4 is 11.8 Å². The second-order valence-corrected chi connectivity index (χ2v) is 4.95. The van der Waals surface area contributed by atoms with E-state index in [9.17, 15) is 4.79 Å². The van der Waals surface area contributed by atoms with Gasteiger partial charge in [0, 0.05) is 12.5 Å². The zero-order valence-corrected chi connectivity index (χ0v) is 10.6. The van der Waals surface area contributed by atoms with Crippen molar-refractivity contribution in [2.24, 2.45) is 5.92 Å². The quantitative estimate of drug-likeness (QED) is 0.837. The third kappa shape index (κ3) is 3.18. The molecule has 18 heavy (non-hydrogen) atoms. The Morgan fingerprint density at radius 3 is 2.72 bits per heavy atom. The van der Waals surface area contributed by atoms with Crippen LogP contribution in [0, 0.1) is 5.92 Å². The van der Waals surface area contributed by atoms with Gasteiger partial charge in [-0.3, -0.25) is 4.79 Å². The van der Waals surface area contributed by atoms with Gasteiger partial charge >= 0.3 is 5.97 Å². The van der Waals surface area contributed by atoms with Crippen LogP contribution in [-0.2, 0) is 4.79 Å². The van der Waals surface area contributed by atoms with Crippen LogP contribution in [-0.4, -0.2) is 27.8 Å². The smallest absolute Gasteiger partial charge is 0.308 e. The summed E-state index contributed by atoms with van der Waals surface area (Å²) in [5.41, 5.74) is 1.06. The maximum atomic E-state index is 10.7. The van der Waals surface area contributed by atoms with Crippen molar-refractivity contribution in [1.29, 1.82) is 0 Å². The lowest BCUT2D eigenvalue weighted by atomic mass is 10.0. The molecule has 0 amide bonds. The number of aromatic nitrogens is 2. The van der Waals surface area contributed by atoms with Crippen molar-refractivity contribution < 1.29 is 9.90 Å². The van der Waals surface area contributed by atoms with E-state index in [0.29, 0.717) is 18.3 Å². The van der Waals surface area contributed by atoms with Crippen LogP contribution in [0.1, 0.15) is 44.2 Å². The van der Waals surface area contributed by atoms with Gasteiger partial charge in [0.15, 0.2) is 0 Å². The molecular formula is C13H19N3O2. The molecule has 5 heteroatoms. The number of nitrogens with one attached hydrogen (secondary N) is 1. The summed E-state index contributed by atoms with van der Waals surface area (Å²) in [7, 11) is 0. The summed E-state index contributed by atoms with van der Waals surface area (Å²) in [6.07, 6.45) is 4.97. The number of hydrogen-bond acceptors (Lipinski definition) is 4. The third-order valence-electron chi connectivity index (χ3n) is 3.47. The van der Waals surface area contributed by atoms with E-state index in [-0.39, 0.29) is 0 Å². The van der Waals surface area contributed by atoms with Gasteiger partial charge in [0.05, 0.1) is 11.6 Å². The van der Waals surface area contributed by atoms with Crippen LogP contribution < -0.4 is 5.32 Å². The SMILES string of the molecule is CC(CNc1ccc(C2CCCC2)nn1)C(=O)O. The molecule has 0 aromatic carbocycles. The first-order valence-electron chi connectivity index (χ1n) is 6.47. The first-order chi connectivity index (χ1) is 8.66. The highest BCUT2D eigenvalue weighted by molar-refractivity contribution is 5.70. The minimum Gasteiger partial charge on any atom is -0.481 e. The van der Waals surface area contributed by atoms with Crippen molar-refractivity contribution in [3.05, 3.63) is 17.8 Å². The predicted molar refractivity (Wildman–Crippen MR) is 68.5 cm³/mol. The van der Waals surface area contributed by atoms with Crippen LogP contribution >= 0.6 is 0 Å². The fourth-order valence-electron chi connectivity index (χ4n) is 2.22. The molecule has 1 heterocycles. The van der Waals surface area contributed by atoms with Crippen molar-refractivity contribution in [1.82, 2.24) is 10.2 Å². The Morgan fingerprint density at radius 2 is 2.17 bits per heavy atom. The van der Waals surface area contributed by atoms with Crippen LogP contribution in [0.15, 0.2) is 12.1 Å². The Hall–Kier alpha value is -1.65. The zero-order valence-electron chi connectivity index (χ0n) is 10.6. The number of carboxylic acid groups (broad SMARTS) is 1. The van der Waals surface area contributed by atoms with Gasteiger partial charge in [0.2, 0.25) is 0 Å². The van der Waals surface area contributed by atoms with Crippen LogP contribution in [0.5, 0.6) is 0 Å². The number of rotatable bonds is 5. The largest absolute Gasteiger partial charge is 0.481 e. The minimum absolute atomic E-state index is 0.368. The molecule has 0 spiro atoms. The first kappa shape index (κ1) is 12.8. The number of carboxylic acids is 1. The Kier molecular flexibility index (Phi) is 4.12. The molecule has 2 N–H and O–H groups in total. The molecule has 5 nitrogen and oxygen atoms in total. The van der Waals surface area contributed by atoms with E-state index in [1.165, 1.54) is 25.7 Å². The molecular weight excluding hydrogens is 230 g/mol. The molecule has 1 aromatic heterocycles. The average molecular weight is 249 g/mol. The molecule has 0 aliphatic heterocycles. The fraction of sp³-hybridized carbons (Fsp3) is 0.615. The molecule has 1 aliphatic carbocycles. The summed E-state index contributed by atoms with van der Waals surface area (Å²) < 4.78 is 0. The fourth-order valence-corrected chi connectivity index (χ4v) is 2.22. The van der Waals surface area contributed by atoms with Crippen LogP contribution in [0.4, 0.5) is 5.82 Å². The minimum atomic E-state index is -0.807. The van der Waals surface area contributed by atoms with Crippen molar-refractivity contribution in [2.45, 2.75) is 38.5 Å². The van der Waals surface area contributed by atoms with Crippen LogP contribution in [0.25, 0.3) is 0 Å². The maximum Gasteiger partial charge on any atom is 0.308 e. The average Bonchev–Trinajstić information content (AvgIpc) is 2.90. The monoisotopic (exact) mass is 249 g/mol. The lowest BCUT2D eigenvalue weighted by Gasteiger charge is -2.10. The van der Waals surface area contributed by atoms with Gasteiger partial charge in [-0.1, -0.05) is 19.8 Å². The molecule has 1 atom stereocenters. The summed E-state index contributed by atoms with van der Waals surface area (Å²) in [5.74, 6) is -0.0336. The molecule has 0 bridgehead atoms. The summed E-state index contributed by atoms with van der Waals surface area (Å²) in [6, 6.07) is 3.88. The summed E-state index contributed by atoms with van der Waals surface area (Å²) in [5, 5.41) is 20.1. The van der Waals surface area contributed by atoms with Gasteiger partial charge in [-0.15, -0.1) is 5.10 Å². The molecule has 1 fully saturated rings. The van der Waals surface area contributed by atoms with E-state index in [0.717, 1.165) is 5.69 Å². The van der Waals surface area contributed by atoms with Crippen LogP contribution in [0.2, 0.25) is 0 Å². The summed E-state index contributed by atoms with van der Waals surface area (Å²) in [4.78, 5) is 10.7. The zero-order chi connectivity index (χ0) is 13.0. The topological polar surface area (TPSA) is 75.1 Å². The predicted octanol–water partition coefficient (Wildman–Crippen LogP) is 2.27. The van der Waals surface area contributed by atoms with Crippen molar-refractivity contribution in [3.63, 3.8) is 0 Å². The van der Waals surface area contributed by atoms with Gasteiger partial charge in [-0.25, -0.2) is 0 Å². The van der Waals surface area contributed by atoms with Crippen LogP contribution in [0.3, 0.4) is 0 Å². The summed E-state index contributed by atoms with van der Waals surface area (Å²) in [6.45, 7) is 2.03. The molecule has 1 saturated carbocycles. The van der Waals surface area contributed by atoms with Crippen molar-refractivity contribution in [2.75, 3.05) is 11.9 Å². The Balaban J connectivity index is 1.89. The third-order valence-corrected chi connectivity index (χ3v) is 3.47. The molecule has 0 saturated heterocycles. The highest BCUT2D eigenvalue weighted by Crippen LogP contribution is 2.32. The van der Waals surface area contributed by atoms with Gasteiger partial charge < -0.3 is 10.4 Å². The van der Waals surface area contributed by atoms with E-state index >= 15 is 0 Å². The summed E-state index contributed by atoms with van der Waals surface area (Å²) >= 11 is 0. The van der Waals surface area contributed by atoms with Gasteiger partial charge in [-0.05, 0) is 25.0 Å². The number of hydrogen-bond donors (Lipinski definition) is 2. The number of carbonyl (C=O) groups is 1. The van der Waals surface area contributed by atoms with E-state index in [1.807, 2.05) is 12.1 Å². The molecule has 1 unspecified atom stereocenters. The highest BCUT2D eigenvalue weighted by atomic mass is 16.4. The molecule has 2 rings (SSSR count). The standard InChI is InChI=1S/C13H19N3O2/c1-9(13(17)18)8-14-12-7-6-11(15-16-12)10-4-2-3-5-10/h6-7,9-10H,2-5,8H2,1H3,(H,14,16)(H,17,18). The second-order valence-electron chi connectivity index (χ2n) is 4.95. The Labute approximate surface area is 107 Å². The first-order valence-corrected chi connectivity index (χ1v) is 6.47. The molecule has 1 aliphatic rings. The highest BCUT2D eigenvalue weighted by Gasteiger charge is 2.18. The van der Waals surface area contributed by atoms with E-state index in [2.05, 4.69) is 15.5 Å². The lowest BCUT2D eigenvalue weighted by Crippen LogP contribution is -2.20. The van der Waals surface area contributed by atoms with Gasteiger partial charge in [0.1, 0.15) is 5.82 Å². The molecule has 0 radical (unpaired) electrons. The van der Waals surface area contributed by atoms with Gasteiger partial charge in [-0.2, -0.15) is 5.10 Å². The Bertz CT molecular complexity index is 399.